The Morgan fingerprint density at radius 3 is 2.61 bits per heavy atom. The molecule has 1 saturated heterocycles. The lowest BCUT2D eigenvalue weighted by Crippen LogP contribution is -2.43. The molecule has 28 heavy (non-hydrogen) atoms. The van der Waals surface area contributed by atoms with E-state index in [1.54, 1.807) is 11.1 Å². The number of likely N-dealkylation sites (tertiary alicyclic amines) is 1. The van der Waals surface area contributed by atoms with Gasteiger partial charge < -0.3 is 10.2 Å². The molecule has 146 valence electrons. The van der Waals surface area contributed by atoms with Gasteiger partial charge in [-0.1, -0.05) is 43.3 Å². The maximum Gasteiger partial charge on any atom is 0.231 e. The van der Waals surface area contributed by atoms with Crippen molar-refractivity contribution >= 4 is 11.6 Å². The minimum Gasteiger partial charge on any atom is -0.325 e. The molecule has 2 aromatic carbocycles. The van der Waals surface area contributed by atoms with Crippen LogP contribution in [0.5, 0.6) is 0 Å². The lowest BCUT2D eigenvalue weighted by atomic mass is 9.84. The summed E-state index contributed by atoms with van der Waals surface area (Å²) in [5.41, 5.74) is 6.76. The van der Waals surface area contributed by atoms with Gasteiger partial charge in [-0.15, -0.1) is 0 Å². The summed E-state index contributed by atoms with van der Waals surface area (Å²) in [7, 11) is 0. The molecule has 1 fully saturated rings. The summed E-state index contributed by atoms with van der Waals surface area (Å²) in [6, 6.07) is 16.4. The molecule has 1 N–H and O–H groups in total. The molecule has 0 spiro atoms. The molecule has 1 aliphatic carbocycles. The first-order chi connectivity index (χ1) is 13.7. The summed E-state index contributed by atoms with van der Waals surface area (Å²) < 4.78 is 0. The molecule has 2 aliphatic heterocycles. The fourth-order valence-corrected chi connectivity index (χ4v) is 5.59. The van der Waals surface area contributed by atoms with Crippen LogP contribution in [0.3, 0.4) is 0 Å². The van der Waals surface area contributed by atoms with E-state index in [4.69, 9.17) is 0 Å². The predicted octanol–water partition coefficient (Wildman–Crippen LogP) is 4.87. The highest BCUT2D eigenvalue weighted by Gasteiger charge is 2.31. The van der Waals surface area contributed by atoms with Crippen molar-refractivity contribution in [1.82, 2.24) is 4.90 Å². The monoisotopic (exact) mass is 374 g/mol. The molecular weight excluding hydrogens is 344 g/mol. The predicted molar refractivity (Wildman–Crippen MR) is 114 cm³/mol. The van der Waals surface area contributed by atoms with Crippen LogP contribution in [0.15, 0.2) is 42.5 Å². The highest BCUT2D eigenvalue weighted by atomic mass is 16.2. The second kappa shape index (κ2) is 7.36. The zero-order valence-electron chi connectivity index (χ0n) is 16.8. The van der Waals surface area contributed by atoms with Crippen LogP contribution in [0.25, 0.3) is 0 Å². The molecule has 3 heteroatoms. The Balaban J connectivity index is 1.24. The summed E-state index contributed by atoms with van der Waals surface area (Å²) in [5, 5.41) is 3.10. The highest BCUT2D eigenvalue weighted by Crippen LogP contribution is 2.39. The minimum absolute atomic E-state index is 0.0417. The third kappa shape index (κ3) is 3.16. The Labute approximate surface area is 168 Å². The van der Waals surface area contributed by atoms with Crippen molar-refractivity contribution in [3.63, 3.8) is 0 Å². The van der Waals surface area contributed by atoms with E-state index in [1.807, 2.05) is 0 Å². The first-order valence-corrected chi connectivity index (χ1v) is 11.0. The van der Waals surface area contributed by atoms with Gasteiger partial charge in [0.15, 0.2) is 0 Å². The van der Waals surface area contributed by atoms with Gasteiger partial charge in [-0.2, -0.15) is 0 Å². The number of nitrogens with zero attached hydrogens (tertiary/aromatic N) is 1. The maximum absolute atomic E-state index is 12.1. The van der Waals surface area contributed by atoms with Crippen LogP contribution in [-0.2, 0) is 17.6 Å². The van der Waals surface area contributed by atoms with Gasteiger partial charge in [0.1, 0.15) is 0 Å². The maximum atomic E-state index is 12.1. The average Bonchev–Trinajstić information content (AvgIpc) is 3.07. The molecule has 0 radical (unpaired) electrons. The van der Waals surface area contributed by atoms with E-state index in [0.29, 0.717) is 12.0 Å². The topological polar surface area (TPSA) is 32.3 Å². The van der Waals surface area contributed by atoms with Crippen LogP contribution >= 0.6 is 0 Å². The zero-order chi connectivity index (χ0) is 19.1. The van der Waals surface area contributed by atoms with Gasteiger partial charge in [0.25, 0.3) is 0 Å². The number of piperidine rings is 1. The first-order valence-electron chi connectivity index (χ1n) is 11.0. The SMILES string of the molecule is CCC1C(=O)Nc2cc(C3CCN(C4CCc5ccccc5C4)CC3)ccc21. The number of nitrogens with one attached hydrogen (secondary N) is 1. The summed E-state index contributed by atoms with van der Waals surface area (Å²) in [6.07, 6.45) is 7.06. The molecule has 0 aromatic heterocycles. The number of benzene rings is 2. The standard InChI is InChI=1S/C25H30N2O/c1-2-22-23-10-8-20(16-24(23)26-25(22)28)18-11-13-27(14-12-18)21-9-7-17-5-3-4-6-19(17)15-21/h3-6,8,10,16,18,21-22H,2,7,9,11-15H2,1H3,(H,26,28). The molecule has 0 bridgehead atoms. The quantitative estimate of drug-likeness (QED) is 0.831. The number of aryl methyl sites for hydroxylation is 1. The largest absolute Gasteiger partial charge is 0.325 e. The van der Waals surface area contributed by atoms with Gasteiger partial charge in [-0.05, 0) is 85.9 Å². The number of rotatable bonds is 3. The normalized spacial score (nSPS) is 25.2. The zero-order valence-corrected chi connectivity index (χ0v) is 16.8. The fraction of sp³-hybridized carbons (Fsp3) is 0.480. The smallest absolute Gasteiger partial charge is 0.231 e. The van der Waals surface area contributed by atoms with Crippen molar-refractivity contribution in [3.05, 3.63) is 64.7 Å². The molecular formula is C25H30N2O. The van der Waals surface area contributed by atoms with Crippen molar-refractivity contribution in [2.24, 2.45) is 0 Å². The van der Waals surface area contributed by atoms with Crippen LogP contribution in [0.1, 0.15) is 66.7 Å². The van der Waals surface area contributed by atoms with Gasteiger partial charge in [-0.3, -0.25) is 4.79 Å². The molecule has 2 heterocycles. The summed E-state index contributed by atoms with van der Waals surface area (Å²) in [4.78, 5) is 14.9. The lowest BCUT2D eigenvalue weighted by molar-refractivity contribution is -0.117. The number of fused-ring (bicyclic) bond motifs is 2. The van der Waals surface area contributed by atoms with Crippen LogP contribution < -0.4 is 5.32 Å². The Hall–Kier alpha value is -2.13. The van der Waals surface area contributed by atoms with Crippen molar-refractivity contribution in [2.75, 3.05) is 18.4 Å². The third-order valence-corrected chi connectivity index (χ3v) is 7.27. The van der Waals surface area contributed by atoms with Gasteiger partial charge in [0.05, 0.1) is 5.92 Å². The van der Waals surface area contributed by atoms with Crippen LogP contribution in [-0.4, -0.2) is 29.9 Å². The van der Waals surface area contributed by atoms with Crippen molar-refractivity contribution in [2.45, 2.75) is 63.3 Å². The Kier molecular flexibility index (Phi) is 4.72. The van der Waals surface area contributed by atoms with E-state index in [9.17, 15) is 4.79 Å². The van der Waals surface area contributed by atoms with Crippen LogP contribution in [0, 0.1) is 0 Å². The van der Waals surface area contributed by atoms with E-state index in [1.165, 1.54) is 56.3 Å². The Morgan fingerprint density at radius 1 is 1.04 bits per heavy atom. The summed E-state index contributed by atoms with van der Waals surface area (Å²) >= 11 is 0. The number of hydrogen-bond acceptors (Lipinski definition) is 2. The Bertz CT molecular complexity index is 882. The van der Waals surface area contributed by atoms with Gasteiger partial charge >= 0.3 is 0 Å². The minimum atomic E-state index is 0.0417. The lowest BCUT2D eigenvalue weighted by Gasteiger charge is -2.40. The Morgan fingerprint density at radius 2 is 1.82 bits per heavy atom. The highest BCUT2D eigenvalue weighted by molar-refractivity contribution is 6.02. The van der Waals surface area contributed by atoms with E-state index >= 15 is 0 Å². The number of hydrogen-bond donors (Lipinski definition) is 1. The van der Waals surface area contributed by atoms with Gasteiger partial charge in [-0.25, -0.2) is 0 Å². The molecule has 1 amide bonds. The fourth-order valence-electron chi connectivity index (χ4n) is 5.59. The molecule has 2 unspecified atom stereocenters. The molecule has 0 saturated carbocycles. The van der Waals surface area contributed by atoms with Crippen molar-refractivity contribution in [1.29, 1.82) is 0 Å². The number of carbonyl (C=O) groups excluding carboxylic acids is 1. The van der Waals surface area contributed by atoms with Gasteiger partial charge in [0, 0.05) is 11.7 Å². The van der Waals surface area contributed by atoms with E-state index < -0.39 is 0 Å². The van der Waals surface area contributed by atoms with E-state index in [2.05, 4.69) is 59.6 Å². The number of anilines is 1. The third-order valence-electron chi connectivity index (χ3n) is 7.27. The van der Waals surface area contributed by atoms with Crippen molar-refractivity contribution in [3.8, 4) is 0 Å². The molecule has 3 nitrogen and oxygen atoms in total. The average molecular weight is 375 g/mol. The molecule has 3 aliphatic rings. The van der Waals surface area contributed by atoms with Gasteiger partial charge in [0.2, 0.25) is 5.91 Å². The molecule has 2 aromatic rings. The van der Waals surface area contributed by atoms with Crippen molar-refractivity contribution < 1.29 is 4.79 Å². The number of carbonyl (C=O) groups is 1. The van der Waals surface area contributed by atoms with Crippen LogP contribution in [0.4, 0.5) is 5.69 Å². The second-order valence-corrected chi connectivity index (χ2v) is 8.77. The summed E-state index contributed by atoms with van der Waals surface area (Å²) in [5.74, 6) is 0.831. The molecule has 2 atom stereocenters. The summed E-state index contributed by atoms with van der Waals surface area (Å²) in [6.45, 7) is 4.48. The molecule has 5 rings (SSSR count). The number of amides is 1. The first kappa shape index (κ1) is 17.9. The van der Waals surface area contributed by atoms with E-state index in [-0.39, 0.29) is 11.8 Å². The van der Waals surface area contributed by atoms with Crippen LogP contribution in [0.2, 0.25) is 0 Å². The second-order valence-electron chi connectivity index (χ2n) is 8.77. The van der Waals surface area contributed by atoms with E-state index in [0.717, 1.165) is 12.1 Å².